The van der Waals surface area contributed by atoms with Gasteiger partial charge in [-0.15, -0.1) is 0 Å². The third-order valence-corrected chi connectivity index (χ3v) is 4.80. The van der Waals surface area contributed by atoms with Crippen LogP contribution in [0.3, 0.4) is 0 Å². The summed E-state index contributed by atoms with van der Waals surface area (Å²) in [5.41, 5.74) is 3.04. The lowest BCUT2D eigenvalue weighted by atomic mass is 9.77. The zero-order chi connectivity index (χ0) is 13.7. The second kappa shape index (κ2) is 7.06. The van der Waals surface area contributed by atoms with Gasteiger partial charge >= 0.3 is 0 Å². The van der Waals surface area contributed by atoms with Gasteiger partial charge in [0.05, 0.1) is 0 Å². The largest absolute Gasteiger partial charge is 0.335 e. The Morgan fingerprint density at radius 1 is 1.37 bits per heavy atom. The molecular weight excluding hydrogens is 236 g/mol. The Bertz CT molecular complexity index is 366. The summed E-state index contributed by atoms with van der Waals surface area (Å²) >= 11 is 0. The van der Waals surface area contributed by atoms with Crippen molar-refractivity contribution < 1.29 is 0 Å². The average Bonchev–Trinajstić information content (AvgIpc) is 2.92. The van der Waals surface area contributed by atoms with Gasteiger partial charge in [0.1, 0.15) is 5.82 Å². The molecule has 0 aromatic carbocycles. The molecule has 0 radical (unpaired) electrons. The van der Waals surface area contributed by atoms with Gasteiger partial charge in [-0.25, -0.2) is 4.98 Å². The smallest absolute Gasteiger partial charge is 0.110 e. The minimum Gasteiger partial charge on any atom is -0.335 e. The highest BCUT2D eigenvalue weighted by Gasteiger charge is 2.27. The normalized spacial score (nSPS) is 25.4. The lowest BCUT2D eigenvalue weighted by molar-refractivity contribution is 0.215. The summed E-state index contributed by atoms with van der Waals surface area (Å²) in [7, 11) is 0. The van der Waals surface area contributed by atoms with E-state index in [-0.39, 0.29) is 0 Å². The Morgan fingerprint density at radius 2 is 2.11 bits per heavy atom. The van der Waals surface area contributed by atoms with Crippen molar-refractivity contribution >= 4 is 0 Å². The molecule has 2 rings (SSSR count). The van der Waals surface area contributed by atoms with Crippen LogP contribution in [-0.2, 0) is 13.0 Å². The first kappa shape index (κ1) is 14.5. The van der Waals surface area contributed by atoms with Crippen LogP contribution in [0.25, 0.3) is 0 Å². The molecule has 1 aliphatic rings. The number of aryl methyl sites for hydroxylation is 1. The molecule has 1 aromatic heterocycles. The highest BCUT2D eigenvalue weighted by molar-refractivity contribution is 4.97. The van der Waals surface area contributed by atoms with Crippen molar-refractivity contribution in [3.05, 3.63) is 18.2 Å². The van der Waals surface area contributed by atoms with Crippen molar-refractivity contribution in [3.8, 4) is 0 Å². The second-order valence-corrected chi connectivity index (χ2v) is 5.80. The van der Waals surface area contributed by atoms with Crippen molar-refractivity contribution in [1.82, 2.24) is 15.0 Å². The molecule has 19 heavy (non-hydrogen) atoms. The van der Waals surface area contributed by atoms with Crippen molar-refractivity contribution in [1.29, 1.82) is 0 Å². The molecule has 1 atom stereocenters. The molecule has 4 nitrogen and oxygen atoms in total. The van der Waals surface area contributed by atoms with Gasteiger partial charge in [-0.1, -0.05) is 26.2 Å². The first-order valence-electron chi connectivity index (χ1n) is 7.74. The Balaban J connectivity index is 1.93. The summed E-state index contributed by atoms with van der Waals surface area (Å²) in [6.07, 6.45) is 11.5. The molecule has 1 unspecified atom stereocenters. The number of imidazole rings is 1. The number of rotatable bonds is 6. The van der Waals surface area contributed by atoms with E-state index in [4.69, 9.17) is 5.84 Å². The van der Waals surface area contributed by atoms with Crippen molar-refractivity contribution in [2.24, 2.45) is 17.7 Å². The number of hydrazine groups is 1. The number of nitrogens with one attached hydrogen (secondary N) is 1. The predicted molar refractivity (Wildman–Crippen MR) is 78.5 cm³/mol. The van der Waals surface area contributed by atoms with Crippen molar-refractivity contribution in [2.75, 3.05) is 0 Å². The van der Waals surface area contributed by atoms with E-state index in [0.717, 1.165) is 24.7 Å². The predicted octanol–water partition coefficient (Wildman–Crippen LogP) is 2.49. The van der Waals surface area contributed by atoms with Crippen LogP contribution in [0.5, 0.6) is 0 Å². The first-order valence-corrected chi connectivity index (χ1v) is 7.74. The van der Waals surface area contributed by atoms with Crippen LogP contribution in [-0.4, -0.2) is 15.6 Å². The molecule has 0 bridgehead atoms. The fraction of sp³-hybridized carbons (Fsp3) is 0.800. The minimum atomic E-state index is 0.366. The van der Waals surface area contributed by atoms with Crippen LogP contribution >= 0.6 is 0 Å². The summed E-state index contributed by atoms with van der Waals surface area (Å²) in [4.78, 5) is 4.47. The number of hydrogen-bond acceptors (Lipinski definition) is 3. The Morgan fingerprint density at radius 3 is 2.68 bits per heavy atom. The van der Waals surface area contributed by atoms with E-state index in [1.54, 1.807) is 0 Å². The number of hydrogen-bond donors (Lipinski definition) is 2. The van der Waals surface area contributed by atoms with Crippen LogP contribution < -0.4 is 11.3 Å². The topological polar surface area (TPSA) is 55.9 Å². The van der Waals surface area contributed by atoms with Gasteiger partial charge in [-0.3, -0.25) is 11.3 Å². The summed E-state index contributed by atoms with van der Waals surface area (Å²) in [6, 6.07) is 0.366. The third kappa shape index (κ3) is 3.57. The second-order valence-electron chi connectivity index (χ2n) is 5.80. The molecule has 108 valence electrons. The molecule has 0 saturated heterocycles. The maximum atomic E-state index is 5.79. The molecule has 1 saturated carbocycles. The standard InChI is InChI=1S/C15H28N4/c1-3-12-5-7-13(8-6-12)14(18-16)11-15-17-9-10-19(15)4-2/h9-10,12-14,18H,3-8,11,16H2,1-2H3. The maximum Gasteiger partial charge on any atom is 0.110 e. The van der Waals surface area contributed by atoms with E-state index in [0.29, 0.717) is 12.0 Å². The van der Waals surface area contributed by atoms with Crippen LogP contribution in [0, 0.1) is 11.8 Å². The minimum absolute atomic E-state index is 0.366. The molecular formula is C15H28N4. The lowest BCUT2D eigenvalue weighted by Gasteiger charge is -2.33. The summed E-state index contributed by atoms with van der Waals surface area (Å²) in [5, 5.41) is 0. The fourth-order valence-corrected chi connectivity index (χ4v) is 3.38. The summed E-state index contributed by atoms with van der Waals surface area (Å²) < 4.78 is 2.21. The van der Waals surface area contributed by atoms with Crippen molar-refractivity contribution in [2.45, 2.75) is 65.0 Å². The van der Waals surface area contributed by atoms with Crippen molar-refractivity contribution in [3.63, 3.8) is 0 Å². The summed E-state index contributed by atoms with van der Waals surface area (Å²) in [5.74, 6) is 8.59. The van der Waals surface area contributed by atoms with E-state index in [1.165, 1.54) is 32.1 Å². The Hall–Kier alpha value is -0.870. The van der Waals surface area contributed by atoms with E-state index >= 15 is 0 Å². The number of aromatic nitrogens is 2. The molecule has 4 heteroatoms. The number of nitrogens with zero attached hydrogens (tertiary/aromatic N) is 2. The van der Waals surface area contributed by atoms with Gasteiger partial charge in [-0.05, 0) is 31.6 Å². The van der Waals surface area contributed by atoms with Gasteiger partial charge in [0, 0.05) is 31.4 Å². The lowest BCUT2D eigenvalue weighted by Crippen LogP contribution is -2.44. The quantitative estimate of drug-likeness (QED) is 0.613. The van der Waals surface area contributed by atoms with Gasteiger partial charge in [0.25, 0.3) is 0 Å². The highest BCUT2D eigenvalue weighted by atomic mass is 15.2. The van der Waals surface area contributed by atoms with Gasteiger partial charge in [0.2, 0.25) is 0 Å². The van der Waals surface area contributed by atoms with E-state index < -0.39 is 0 Å². The monoisotopic (exact) mass is 264 g/mol. The molecule has 3 N–H and O–H groups in total. The van der Waals surface area contributed by atoms with Crippen LogP contribution in [0.1, 0.15) is 51.8 Å². The number of nitrogens with two attached hydrogens (primary N) is 1. The average molecular weight is 264 g/mol. The van der Waals surface area contributed by atoms with E-state index in [9.17, 15) is 0 Å². The first-order chi connectivity index (χ1) is 9.28. The molecule has 0 aliphatic heterocycles. The summed E-state index contributed by atoms with van der Waals surface area (Å²) in [6.45, 7) is 5.44. The van der Waals surface area contributed by atoms with E-state index in [2.05, 4.69) is 35.0 Å². The van der Waals surface area contributed by atoms with Gasteiger partial charge in [0.15, 0.2) is 0 Å². The van der Waals surface area contributed by atoms with E-state index in [1.807, 2.05) is 6.20 Å². The molecule has 1 aromatic rings. The molecule has 1 fully saturated rings. The van der Waals surface area contributed by atoms with Gasteiger partial charge < -0.3 is 4.57 Å². The maximum absolute atomic E-state index is 5.79. The van der Waals surface area contributed by atoms with Gasteiger partial charge in [-0.2, -0.15) is 0 Å². The molecule has 1 aliphatic carbocycles. The highest BCUT2D eigenvalue weighted by Crippen LogP contribution is 2.33. The zero-order valence-electron chi connectivity index (χ0n) is 12.3. The third-order valence-electron chi connectivity index (χ3n) is 4.80. The van der Waals surface area contributed by atoms with Crippen LogP contribution in [0.2, 0.25) is 0 Å². The Kier molecular flexibility index (Phi) is 5.40. The Labute approximate surface area is 116 Å². The zero-order valence-corrected chi connectivity index (χ0v) is 12.3. The fourth-order valence-electron chi connectivity index (χ4n) is 3.38. The molecule has 1 heterocycles. The SMILES string of the molecule is CCC1CCC(C(Cc2nccn2CC)NN)CC1. The molecule has 0 spiro atoms. The molecule has 0 amide bonds. The van der Waals surface area contributed by atoms with Crippen LogP contribution in [0.15, 0.2) is 12.4 Å². The van der Waals surface area contributed by atoms with Crippen LogP contribution in [0.4, 0.5) is 0 Å².